The number of rotatable bonds is 7. The Morgan fingerprint density at radius 1 is 1.14 bits per heavy atom. The summed E-state index contributed by atoms with van der Waals surface area (Å²) in [4.78, 5) is 0. The second kappa shape index (κ2) is 8.06. The van der Waals surface area contributed by atoms with Gasteiger partial charge >= 0.3 is 0 Å². The van der Waals surface area contributed by atoms with Gasteiger partial charge in [-0.3, -0.25) is 0 Å². The van der Waals surface area contributed by atoms with Gasteiger partial charge in [0.25, 0.3) is 0 Å². The highest BCUT2D eigenvalue weighted by atomic mass is 35.5. The summed E-state index contributed by atoms with van der Waals surface area (Å²) in [7, 11) is 0. The van der Waals surface area contributed by atoms with Crippen LogP contribution in [0.5, 0.6) is 5.75 Å². The molecule has 0 saturated carbocycles. The number of halogens is 1. The topological polar surface area (TPSA) is 21.3 Å². The van der Waals surface area contributed by atoms with Crippen molar-refractivity contribution in [2.24, 2.45) is 5.92 Å². The van der Waals surface area contributed by atoms with Gasteiger partial charge < -0.3 is 10.1 Å². The van der Waals surface area contributed by atoms with Crippen molar-refractivity contribution in [2.45, 2.75) is 20.4 Å². The number of benzene rings is 2. The summed E-state index contributed by atoms with van der Waals surface area (Å²) in [6.45, 7) is 6.76. The summed E-state index contributed by atoms with van der Waals surface area (Å²) in [6, 6.07) is 16.1. The normalized spacial score (nSPS) is 12.1. The molecule has 0 aliphatic carbocycles. The third kappa shape index (κ3) is 5.78. The molecule has 2 aromatic carbocycles. The van der Waals surface area contributed by atoms with Crippen LogP contribution in [0.2, 0.25) is 5.02 Å². The zero-order chi connectivity index (χ0) is 15.1. The Hall–Kier alpha value is -1.51. The maximum atomic E-state index is 5.87. The standard InChI is InChI=1S/C18H22ClNO/c1-14-4-3-5-18(10-14)21-13-15(2)11-20-12-16-6-8-17(19)9-7-16/h3-10,15,20H,11-13H2,1-2H3. The number of hydrogen-bond acceptors (Lipinski definition) is 2. The molecule has 0 radical (unpaired) electrons. The zero-order valence-electron chi connectivity index (χ0n) is 12.6. The van der Waals surface area contributed by atoms with Crippen LogP contribution in [-0.4, -0.2) is 13.2 Å². The molecule has 0 aliphatic rings. The third-order valence-electron chi connectivity index (χ3n) is 3.26. The van der Waals surface area contributed by atoms with Crippen LogP contribution in [0.25, 0.3) is 0 Å². The summed E-state index contributed by atoms with van der Waals surface area (Å²) in [5.74, 6) is 1.40. The highest BCUT2D eigenvalue weighted by Crippen LogP contribution is 2.13. The summed E-state index contributed by atoms with van der Waals surface area (Å²) in [6.07, 6.45) is 0. The molecule has 21 heavy (non-hydrogen) atoms. The van der Waals surface area contributed by atoms with Crippen LogP contribution in [0, 0.1) is 12.8 Å². The smallest absolute Gasteiger partial charge is 0.119 e. The van der Waals surface area contributed by atoms with Crippen LogP contribution < -0.4 is 10.1 Å². The minimum absolute atomic E-state index is 0.456. The van der Waals surface area contributed by atoms with E-state index < -0.39 is 0 Å². The minimum Gasteiger partial charge on any atom is -0.493 e. The molecule has 2 nitrogen and oxygen atoms in total. The van der Waals surface area contributed by atoms with Crippen molar-refractivity contribution >= 4 is 11.6 Å². The molecule has 0 saturated heterocycles. The van der Waals surface area contributed by atoms with E-state index >= 15 is 0 Å². The van der Waals surface area contributed by atoms with E-state index in [0.717, 1.165) is 30.5 Å². The lowest BCUT2D eigenvalue weighted by atomic mass is 10.2. The van der Waals surface area contributed by atoms with Crippen molar-refractivity contribution in [1.82, 2.24) is 5.32 Å². The molecule has 0 heterocycles. The van der Waals surface area contributed by atoms with Crippen molar-refractivity contribution < 1.29 is 4.74 Å². The highest BCUT2D eigenvalue weighted by Gasteiger charge is 2.03. The van der Waals surface area contributed by atoms with Crippen LogP contribution in [0.4, 0.5) is 0 Å². The fourth-order valence-electron chi connectivity index (χ4n) is 2.07. The van der Waals surface area contributed by atoms with E-state index in [9.17, 15) is 0 Å². The second-order valence-electron chi connectivity index (χ2n) is 5.49. The summed E-state index contributed by atoms with van der Waals surface area (Å²) in [5.41, 5.74) is 2.47. The fourth-order valence-corrected chi connectivity index (χ4v) is 2.19. The second-order valence-corrected chi connectivity index (χ2v) is 5.93. The van der Waals surface area contributed by atoms with Crippen LogP contribution in [0.15, 0.2) is 48.5 Å². The lowest BCUT2D eigenvalue weighted by Gasteiger charge is -2.14. The van der Waals surface area contributed by atoms with Gasteiger partial charge in [0.15, 0.2) is 0 Å². The predicted molar refractivity (Wildman–Crippen MR) is 89.0 cm³/mol. The van der Waals surface area contributed by atoms with E-state index in [-0.39, 0.29) is 0 Å². The monoisotopic (exact) mass is 303 g/mol. The molecule has 2 aromatic rings. The molecule has 0 spiro atoms. The summed E-state index contributed by atoms with van der Waals surface area (Å²) >= 11 is 5.87. The van der Waals surface area contributed by atoms with Crippen LogP contribution >= 0.6 is 11.6 Å². The summed E-state index contributed by atoms with van der Waals surface area (Å²) < 4.78 is 5.81. The van der Waals surface area contributed by atoms with Gasteiger partial charge in [0.1, 0.15) is 5.75 Å². The van der Waals surface area contributed by atoms with Crippen molar-refractivity contribution in [3.63, 3.8) is 0 Å². The molecule has 3 heteroatoms. The number of hydrogen-bond donors (Lipinski definition) is 1. The van der Waals surface area contributed by atoms with Crippen LogP contribution in [0.1, 0.15) is 18.1 Å². The molecule has 1 N–H and O–H groups in total. The van der Waals surface area contributed by atoms with E-state index in [2.05, 4.69) is 31.3 Å². The van der Waals surface area contributed by atoms with Gasteiger partial charge in [-0.1, -0.05) is 42.8 Å². The Bertz CT molecular complexity index is 553. The molecular formula is C18H22ClNO. The Labute approximate surface area is 132 Å². The Balaban J connectivity index is 1.67. The van der Waals surface area contributed by atoms with Gasteiger partial charge in [-0.05, 0) is 42.3 Å². The maximum absolute atomic E-state index is 5.87. The highest BCUT2D eigenvalue weighted by molar-refractivity contribution is 6.30. The molecule has 0 fully saturated rings. The van der Waals surface area contributed by atoms with E-state index in [1.807, 2.05) is 36.4 Å². The van der Waals surface area contributed by atoms with Gasteiger partial charge in [-0.2, -0.15) is 0 Å². The van der Waals surface area contributed by atoms with Crippen molar-refractivity contribution in [3.8, 4) is 5.75 Å². The first-order valence-electron chi connectivity index (χ1n) is 7.28. The van der Waals surface area contributed by atoms with Crippen LogP contribution in [-0.2, 0) is 6.54 Å². The lowest BCUT2D eigenvalue weighted by molar-refractivity contribution is 0.255. The molecule has 0 bridgehead atoms. The van der Waals surface area contributed by atoms with Crippen LogP contribution in [0.3, 0.4) is 0 Å². The molecule has 1 atom stereocenters. The number of ether oxygens (including phenoxy) is 1. The van der Waals surface area contributed by atoms with E-state index in [0.29, 0.717) is 5.92 Å². The first-order valence-corrected chi connectivity index (χ1v) is 7.66. The van der Waals surface area contributed by atoms with Crippen molar-refractivity contribution in [1.29, 1.82) is 0 Å². The lowest BCUT2D eigenvalue weighted by Crippen LogP contribution is -2.24. The largest absolute Gasteiger partial charge is 0.493 e. The van der Waals surface area contributed by atoms with Gasteiger partial charge in [0.2, 0.25) is 0 Å². The third-order valence-corrected chi connectivity index (χ3v) is 3.51. The van der Waals surface area contributed by atoms with Crippen molar-refractivity contribution in [2.75, 3.05) is 13.2 Å². The molecule has 0 amide bonds. The van der Waals surface area contributed by atoms with Gasteiger partial charge in [-0.25, -0.2) is 0 Å². The van der Waals surface area contributed by atoms with E-state index in [4.69, 9.17) is 16.3 Å². The quantitative estimate of drug-likeness (QED) is 0.816. The molecule has 0 aromatic heterocycles. The molecule has 2 rings (SSSR count). The zero-order valence-corrected chi connectivity index (χ0v) is 13.4. The fraction of sp³-hybridized carbons (Fsp3) is 0.333. The first-order chi connectivity index (χ1) is 10.1. The maximum Gasteiger partial charge on any atom is 0.119 e. The summed E-state index contributed by atoms with van der Waals surface area (Å²) in [5, 5.41) is 4.22. The Morgan fingerprint density at radius 3 is 2.62 bits per heavy atom. The Kier molecular flexibility index (Phi) is 6.09. The Morgan fingerprint density at radius 2 is 1.90 bits per heavy atom. The van der Waals surface area contributed by atoms with Gasteiger partial charge in [-0.15, -0.1) is 0 Å². The van der Waals surface area contributed by atoms with Gasteiger partial charge in [0, 0.05) is 24.0 Å². The van der Waals surface area contributed by atoms with Gasteiger partial charge in [0.05, 0.1) is 6.61 Å². The first kappa shape index (κ1) is 15.9. The van der Waals surface area contributed by atoms with Crippen molar-refractivity contribution in [3.05, 3.63) is 64.7 Å². The average Bonchev–Trinajstić information content (AvgIpc) is 2.47. The molecular weight excluding hydrogens is 282 g/mol. The van der Waals surface area contributed by atoms with E-state index in [1.54, 1.807) is 0 Å². The molecule has 0 aliphatic heterocycles. The molecule has 112 valence electrons. The molecule has 1 unspecified atom stereocenters. The SMILES string of the molecule is Cc1cccc(OCC(C)CNCc2ccc(Cl)cc2)c1. The average molecular weight is 304 g/mol. The van der Waals surface area contributed by atoms with E-state index in [1.165, 1.54) is 11.1 Å². The number of nitrogens with one attached hydrogen (secondary N) is 1. The minimum atomic E-state index is 0.456. The predicted octanol–water partition coefficient (Wildman–Crippen LogP) is 4.45. The number of aryl methyl sites for hydroxylation is 1.